The van der Waals surface area contributed by atoms with E-state index in [2.05, 4.69) is 9.80 Å². The molecule has 0 spiro atoms. The number of carbonyl (C=O) groups excluding carboxylic acids is 1. The van der Waals surface area contributed by atoms with Crippen molar-refractivity contribution >= 4 is 5.91 Å². The number of benzene rings is 1. The third kappa shape index (κ3) is 3.92. The number of rotatable bonds is 7. The first-order chi connectivity index (χ1) is 12.2. The van der Waals surface area contributed by atoms with Crippen LogP contribution >= 0.6 is 0 Å². The maximum absolute atomic E-state index is 12.7. The molecule has 0 unspecified atom stereocenters. The average molecular weight is 344 g/mol. The third-order valence-corrected chi connectivity index (χ3v) is 5.76. The van der Waals surface area contributed by atoms with Crippen molar-refractivity contribution < 1.29 is 14.3 Å². The van der Waals surface area contributed by atoms with E-state index in [1.54, 1.807) is 7.11 Å². The van der Waals surface area contributed by atoms with Gasteiger partial charge in [0.2, 0.25) is 5.91 Å². The predicted molar refractivity (Wildman–Crippen MR) is 95.9 cm³/mol. The number of piperidine rings is 1. The molecule has 136 valence electrons. The van der Waals surface area contributed by atoms with Crippen molar-refractivity contribution in [1.29, 1.82) is 0 Å². The highest BCUT2D eigenvalue weighted by atomic mass is 16.5. The Balaban J connectivity index is 1.30. The Morgan fingerprint density at radius 3 is 2.52 bits per heavy atom. The number of ether oxygens (including phenoxy) is 2. The van der Waals surface area contributed by atoms with Crippen molar-refractivity contribution in [3.05, 3.63) is 24.3 Å². The molecular formula is C20H28N2O3. The van der Waals surface area contributed by atoms with Gasteiger partial charge in [0.05, 0.1) is 13.0 Å². The van der Waals surface area contributed by atoms with Crippen molar-refractivity contribution in [2.75, 3.05) is 39.9 Å². The highest BCUT2D eigenvalue weighted by molar-refractivity contribution is 5.80. The number of amides is 1. The zero-order valence-electron chi connectivity index (χ0n) is 15.0. The second-order valence-electron chi connectivity index (χ2n) is 7.65. The third-order valence-electron chi connectivity index (χ3n) is 5.76. The molecule has 1 aromatic rings. The van der Waals surface area contributed by atoms with Crippen molar-refractivity contribution in [2.24, 2.45) is 11.8 Å². The molecule has 0 N–H and O–H groups in total. The van der Waals surface area contributed by atoms with Crippen LogP contribution in [0.2, 0.25) is 0 Å². The van der Waals surface area contributed by atoms with E-state index in [4.69, 9.17) is 9.47 Å². The van der Waals surface area contributed by atoms with Gasteiger partial charge in [-0.15, -0.1) is 0 Å². The molecule has 3 heterocycles. The predicted octanol–water partition coefficient (Wildman–Crippen LogP) is 2.41. The molecule has 4 aliphatic rings. The average Bonchev–Trinajstić information content (AvgIpc) is 3.46. The van der Waals surface area contributed by atoms with Crippen molar-refractivity contribution in [1.82, 2.24) is 9.80 Å². The van der Waals surface area contributed by atoms with E-state index in [9.17, 15) is 4.79 Å². The summed E-state index contributed by atoms with van der Waals surface area (Å²) in [4.78, 5) is 17.4. The topological polar surface area (TPSA) is 42.0 Å². The number of hydrogen-bond donors (Lipinski definition) is 0. The van der Waals surface area contributed by atoms with Gasteiger partial charge in [-0.3, -0.25) is 9.69 Å². The Morgan fingerprint density at radius 1 is 1.04 bits per heavy atom. The first-order valence-corrected chi connectivity index (χ1v) is 9.52. The van der Waals surface area contributed by atoms with Crippen molar-refractivity contribution in [2.45, 2.75) is 31.7 Å². The molecule has 3 aliphatic heterocycles. The molecule has 0 radical (unpaired) electrons. The summed E-state index contributed by atoms with van der Waals surface area (Å²) >= 11 is 0. The molecule has 5 rings (SSSR count). The van der Waals surface area contributed by atoms with Crippen LogP contribution in [0.1, 0.15) is 25.7 Å². The highest BCUT2D eigenvalue weighted by Gasteiger charge is 2.42. The summed E-state index contributed by atoms with van der Waals surface area (Å²) in [6.07, 6.45) is 4.83. The molecule has 25 heavy (non-hydrogen) atoms. The number of hydrogen-bond acceptors (Lipinski definition) is 4. The summed E-state index contributed by atoms with van der Waals surface area (Å²) in [5.41, 5.74) is 0. The van der Waals surface area contributed by atoms with E-state index in [1.165, 1.54) is 19.3 Å². The Labute approximate surface area is 149 Å². The van der Waals surface area contributed by atoms with E-state index < -0.39 is 0 Å². The maximum Gasteiger partial charge on any atom is 0.227 e. The van der Waals surface area contributed by atoms with Crippen LogP contribution in [0, 0.1) is 11.8 Å². The molecule has 5 nitrogen and oxygen atoms in total. The second kappa shape index (κ2) is 7.24. The van der Waals surface area contributed by atoms with Gasteiger partial charge in [0.25, 0.3) is 0 Å². The van der Waals surface area contributed by atoms with Crippen LogP contribution in [0.4, 0.5) is 0 Å². The molecule has 5 heteroatoms. The molecule has 2 atom stereocenters. The van der Waals surface area contributed by atoms with Gasteiger partial charge < -0.3 is 14.4 Å². The van der Waals surface area contributed by atoms with Crippen molar-refractivity contribution in [3.63, 3.8) is 0 Å². The van der Waals surface area contributed by atoms with E-state index in [0.717, 1.165) is 50.0 Å². The molecule has 1 amide bonds. The van der Waals surface area contributed by atoms with Crippen LogP contribution in [0.3, 0.4) is 0 Å². The van der Waals surface area contributed by atoms with Crippen LogP contribution in [-0.2, 0) is 4.79 Å². The lowest BCUT2D eigenvalue weighted by molar-refractivity contribution is -0.140. The van der Waals surface area contributed by atoms with E-state index >= 15 is 0 Å². The molecule has 1 saturated carbocycles. The van der Waals surface area contributed by atoms with Gasteiger partial charge in [0, 0.05) is 32.2 Å². The summed E-state index contributed by atoms with van der Waals surface area (Å²) in [5.74, 6) is 3.08. The standard InChI is InChI=1S/C20H28N2O3/c1-24-18-6-8-19(9-7-18)25-11-10-21-13-16-4-5-17(14-21)22(20(16)23)12-15-2-3-15/h6-9,15-17H,2-5,10-14H2,1H3/t16-,17+/m1/s1. The number of carbonyl (C=O) groups is 1. The van der Waals surface area contributed by atoms with Crippen LogP contribution in [0.15, 0.2) is 24.3 Å². The summed E-state index contributed by atoms with van der Waals surface area (Å²) < 4.78 is 11.0. The zero-order valence-corrected chi connectivity index (χ0v) is 15.0. The largest absolute Gasteiger partial charge is 0.497 e. The van der Waals surface area contributed by atoms with Gasteiger partial charge in [-0.25, -0.2) is 0 Å². The van der Waals surface area contributed by atoms with Crippen molar-refractivity contribution in [3.8, 4) is 11.5 Å². The molecular weight excluding hydrogens is 316 g/mol. The Kier molecular flexibility index (Phi) is 4.84. The number of methoxy groups -OCH3 is 1. The summed E-state index contributed by atoms with van der Waals surface area (Å²) in [6.45, 7) is 4.42. The molecule has 4 fully saturated rings. The SMILES string of the molecule is COc1ccc(OCCN2C[C@H]3CC[C@@H](C2)N(CC2CC2)C3=O)cc1. The lowest BCUT2D eigenvalue weighted by Gasteiger charge is -2.36. The number of fused-ring (bicyclic) bond motifs is 4. The van der Waals surface area contributed by atoms with Gasteiger partial charge in [-0.1, -0.05) is 0 Å². The van der Waals surface area contributed by atoms with Crippen LogP contribution in [0.5, 0.6) is 11.5 Å². The molecule has 3 saturated heterocycles. The Hall–Kier alpha value is -1.75. The first kappa shape index (κ1) is 16.7. The maximum atomic E-state index is 12.7. The Morgan fingerprint density at radius 2 is 1.80 bits per heavy atom. The van der Waals surface area contributed by atoms with Crippen LogP contribution in [0.25, 0.3) is 0 Å². The second-order valence-corrected chi connectivity index (χ2v) is 7.65. The van der Waals surface area contributed by atoms with E-state index in [-0.39, 0.29) is 5.92 Å². The van der Waals surface area contributed by atoms with Gasteiger partial charge in [-0.2, -0.15) is 0 Å². The zero-order chi connectivity index (χ0) is 17.2. The minimum Gasteiger partial charge on any atom is -0.497 e. The van der Waals surface area contributed by atoms with Crippen LogP contribution < -0.4 is 9.47 Å². The fourth-order valence-electron chi connectivity index (χ4n) is 4.10. The fourth-order valence-corrected chi connectivity index (χ4v) is 4.10. The lowest BCUT2D eigenvalue weighted by atomic mass is 9.94. The number of nitrogens with zero attached hydrogens (tertiary/aromatic N) is 2. The van der Waals surface area contributed by atoms with Crippen LogP contribution in [-0.4, -0.2) is 61.6 Å². The highest BCUT2D eigenvalue weighted by Crippen LogP contribution is 2.35. The Bertz CT molecular complexity index is 599. The normalized spacial score (nSPS) is 26.6. The smallest absolute Gasteiger partial charge is 0.227 e. The molecule has 1 aliphatic carbocycles. The molecule has 1 aromatic carbocycles. The summed E-state index contributed by atoms with van der Waals surface area (Å²) in [5, 5.41) is 0. The van der Waals surface area contributed by atoms with Gasteiger partial charge >= 0.3 is 0 Å². The summed E-state index contributed by atoms with van der Waals surface area (Å²) in [6, 6.07) is 8.11. The van der Waals surface area contributed by atoms with Gasteiger partial charge in [-0.05, 0) is 55.9 Å². The minimum absolute atomic E-state index is 0.193. The van der Waals surface area contributed by atoms with Gasteiger partial charge in [0.1, 0.15) is 18.1 Å². The first-order valence-electron chi connectivity index (χ1n) is 9.52. The molecule has 0 aromatic heterocycles. The summed E-state index contributed by atoms with van der Waals surface area (Å²) in [7, 11) is 1.66. The van der Waals surface area contributed by atoms with E-state index in [1.807, 2.05) is 24.3 Å². The quantitative estimate of drug-likeness (QED) is 0.762. The fraction of sp³-hybridized carbons (Fsp3) is 0.650. The molecule has 2 bridgehead atoms. The lowest BCUT2D eigenvalue weighted by Crippen LogP contribution is -2.48. The van der Waals surface area contributed by atoms with Gasteiger partial charge in [0.15, 0.2) is 0 Å². The van der Waals surface area contributed by atoms with E-state index in [0.29, 0.717) is 18.6 Å². The monoisotopic (exact) mass is 344 g/mol. The minimum atomic E-state index is 0.193.